The van der Waals surface area contributed by atoms with E-state index >= 15 is 0 Å². The number of H-pyrrole nitrogens is 1. The van der Waals surface area contributed by atoms with Gasteiger partial charge in [0, 0.05) is 11.8 Å². The first-order valence-electron chi connectivity index (χ1n) is 4.73. The fourth-order valence-electron chi connectivity index (χ4n) is 1.60. The Morgan fingerprint density at radius 1 is 1.12 bits per heavy atom. The van der Waals surface area contributed by atoms with Crippen LogP contribution in [0.2, 0.25) is 0 Å². The van der Waals surface area contributed by atoms with E-state index in [2.05, 4.69) is 17.6 Å². The maximum absolute atomic E-state index is 12.8. The van der Waals surface area contributed by atoms with Crippen LogP contribution >= 0.6 is 12.6 Å². The van der Waals surface area contributed by atoms with Crippen molar-refractivity contribution < 1.29 is 13.2 Å². The number of nitrogen functional groups attached to an aromatic ring is 1. The second-order valence-electron chi connectivity index (χ2n) is 3.51. The Morgan fingerprint density at radius 3 is 2.29 bits per heavy atom. The summed E-state index contributed by atoms with van der Waals surface area (Å²) >= 11 is 4.09. The summed E-state index contributed by atoms with van der Waals surface area (Å²) in [5.74, 6) is 0.250. The topological polar surface area (TPSA) is 41.8 Å². The van der Waals surface area contributed by atoms with Crippen LogP contribution in [-0.4, -0.2) is 4.98 Å². The second-order valence-corrected chi connectivity index (χ2v) is 3.96. The summed E-state index contributed by atoms with van der Waals surface area (Å²) in [6.45, 7) is 0. The van der Waals surface area contributed by atoms with E-state index in [0.717, 1.165) is 6.07 Å². The maximum Gasteiger partial charge on any atom is 0.417 e. The first-order valence-corrected chi connectivity index (χ1v) is 5.18. The Balaban J connectivity index is 2.64. The van der Waals surface area contributed by atoms with Crippen molar-refractivity contribution in [3.8, 4) is 11.1 Å². The Bertz CT molecular complexity index is 546. The zero-order valence-electron chi connectivity index (χ0n) is 8.55. The van der Waals surface area contributed by atoms with E-state index in [4.69, 9.17) is 5.73 Å². The van der Waals surface area contributed by atoms with Gasteiger partial charge < -0.3 is 10.7 Å². The predicted octanol–water partition coefficient (Wildman–Crippen LogP) is 3.57. The standard InChI is InChI=1S/C11H9F3N2S/c12-11(13,14)8-4-2-1-3-6(8)7-5-16-10(15)9(7)17/h1-5,16-17H,15H2. The molecule has 2 rings (SSSR count). The molecular weight excluding hydrogens is 249 g/mol. The van der Waals surface area contributed by atoms with E-state index in [0.29, 0.717) is 10.5 Å². The molecule has 0 amide bonds. The smallest absolute Gasteiger partial charge is 0.384 e. The Hall–Kier alpha value is -1.56. The van der Waals surface area contributed by atoms with E-state index < -0.39 is 11.7 Å². The molecule has 0 spiro atoms. The molecule has 0 saturated carbocycles. The van der Waals surface area contributed by atoms with Crippen molar-refractivity contribution in [2.45, 2.75) is 11.1 Å². The van der Waals surface area contributed by atoms with Gasteiger partial charge in [-0.3, -0.25) is 0 Å². The van der Waals surface area contributed by atoms with Gasteiger partial charge in [-0.05, 0) is 11.6 Å². The van der Waals surface area contributed by atoms with Crippen molar-refractivity contribution in [1.82, 2.24) is 4.98 Å². The zero-order valence-corrected chi connectivity index (χ0v) is 9.44. The molecular formula is C11H9F3N2S. The Kier molecular flexibility index (Phi) is 2.82. The first-order chi connectivity index (χ1) is 7.91. The number of alkyl halides is 3. The highest BCUT2D eigenvalue weighted by Crippen LogP contribution is 2.40. The molecule has 1 aromatic carbocycles. The molecule has 0 bridgehead atoms. The highest BCUT2D eigenvalue weighted by molar-refractivity contribution is 7.80. The Morgan fingerprint density at radius 2 is 1.76 bits per heavy atom. The molecule has 3 N–H and O–H groups in total. The highest BCUT2D eigenvalue weighted by Gasteiger charge is 2.33. The summed E-state index contributed by atoms with van der Waals surface area (Å²) in [5.41, 5.74) is 5.24. The van der Waals surface area contributed by atoms with Crippen molar-refractivity contribution in [2.24, 2.45) is 0 Å². The van der Waals surface area contributed by atoms with E-state index in [1.807, 2.05) is 0 Å². The summed E-state index contributed by atoms with van der Waals surface area (Å²) in [5, 5.41) is 0. The fourth-order valence-corrected chi connectivity index (χ4v) is 1.85. The lowest BCUT2D eigenvalue weighted by Gasteiger charge is -2.12. The largest absolute Gasteiger partial charge is 0.417 e. The third-order valence-corrected chi connectivity index (χ3v) is 2.89. The molecule has 1 aromatic heterocycles. The van der Waals surface area contributed by atoms with Gasteiger partial charge in [-0.25, -0.2) is 0 Å². The minimum atomic E-state index is -4.40. The fraction of sp³-hybridized carbons (Fsp3) is 0.0909. The lowest BCUT2D eigenvalue weighted by atomic mass is 10.0. The van der Waals surface area contributed by atoms with Gasteiger partial charge in [-0.1, -0.05) is 18.2 Å². The number of halogens is 3. The lowest BCUT2D eigenvalue weighted by molar-refractivity contribution is -0.137. The van der Waals surface area contributed by atoms with Crippen LogP contribution in [-0.2, 0) is 6.18 Å². The normalized spacial score (nSPS) is 11.8. The van der Waals surface area contributed by atoms with Crippen LogP contribution in [0.5, 0.6) is 0 Å². The molecule has 2 nitrogen and oxygen atoms in total. The van der Waals surface area contributed by atoms with E-state index in [9.17, 15) is 13.2 Å². The Labute approximate surface area is 101 Å². The molecule has 2 aromatic rings. The number of anilines is 1. The molecule has 1 heterocycles. The number of benzene rings is 1. The van der Waals surface area contributed by atoms with Crippen molar-refractivity contribution in [2.75, 3.05) is 5.73 Å². The highest BCUT2D eigenvalue weighted by atomic mass is 32.1. The SMILES string of the molecule is Nc1[nH]cc(-c2ccccc2C(F)(F)F)c1S. The summed E-state index contributed by atoms with van der Waals surface area (Å²) in [6.07, 6.45) is -2.98. The molecule has 0 saturated heterocycles. The van der Waals surface area contributed by atoms with Crippen LogP contribution in [0.3, 0.4) is 0 Å². The summed E-state index contributed by atoms with van der Waals surface area (Å²) in [4.78, 5) is 2.97. The average Bonchev–Trinajstić information content (AvgIpc) is 2.59. The lowest BCUT2D eigenvalue weighted by Crippen LogP contribution is -2.06. The van der Waals surface area contributed by atoms with Gasteiger partial charge in [0.2, 0.25) is 0 Å². The molecule has 0 aliphatic rings. The number of hydrogen-bond donors (Lipinski definition) is 3. The predicted molar refractivity (Wildman–Crippen MR) is 62.9 cm³/mol. The van der Waals surface area contributed by atoms with Crippen LogP contribution in [0.15, 0.2) is 35.4 Å². The number of nitrogens with one attached hydrogen (secondary N) is 1. The number of aromatic amines is 1. The van der Waals surface area contributed by atoms with E-state index in [-0.39, 0.29) is 11.4 Å². The van der Waals surface area contributed by atoms with Crippen LogP contribution < -0.4 is 5.73 Å². The number of rotatable bonds is 1. The summed E-state index contributed by atoms with van der Waals surface area (Å²) in [6, 6.07) is 5.32. The van der Waals surface area contributed by atoms with E-state index in [1.165, 1.54) is 18.3 Å². The minimum Gasteiger partial charge on any atom is -0.384 e. The summed E-state index contributed by atoms with van der Waals surface area (Å²) < 4.78 is 38.4. The van der Waals surface area contributed by atoms with Gasteiger partial charge in [0.25, 0.3) is 0 Å². The van der Waals surface area contributed by atoms with E-state index in [1.54, 1.807) is 6.07 Å². The van der Waals surface area contributed by atoms with Crippen LogP contribution in [0.25, 0.3) is 11.1 Å². The zero-order chi connectivity index (χ0) is 12.6. The number of nitrogens with two attached hydrogens (primary N) is 1. The molecule has 0 unspecified atom stereocenters. The van der Waals surface area contributed by atoms with Crippen LogP contribution in [0.1, 0.15) is 5.56 Å². The van der Waals surface area contributed by atoms with Gasteiger partial charge in [-0.15, -0.1) is 12.6 Å². The van der Waals surface area contributed by atoms with Crippen molar-refractivity contribution >= 4 is 18.4 Å². The molecule has 90 valence electrons. The molecule has 0 aliphatic carbocycles. The van der Waals surface area contributed by atoms with Gasteiger partial charge in [0.15, 0.2) is 0 Å². The van der Waals surface area contributed by atoms with Crippen molar-refractivity contribution in [3.05, 3.63) is 36.0 Å². The quantitative estimate of drug-likeness (QED) is 0.672. The molecule has 0 fully saturated rings. The first kappa shape index (κ1) is 11.9. The van der Waals surface area contributed by atoms with Gasteiger partial charge >= 0.3 is 6.18 Å². The van der Waals surface area contributed by atoms with Crippen LogP contribution in [0.4, 0.5) is 19.0 Å². The van der Waals surface area contributed by atoms with Gasteiger partial charge in [0.05, 0.1) is 10.5 Å². The van der Waals surface area contributed by atoms with Gasteiger partial charge in [0.1, 0.15) is 5.82 Å². The third-order valence-electron chi connectivity index (χ3n) is 2.40. The molecule has 17 heavy (non-hydrogen) atoms. The van der Waals surface area contributed by atoms with Crippen molar-refractivity contribution in [3.63, 3.8) is 0 Å². The van der Waals surface area contributed by atoms with Gasteiger partial charge in [-0.2, -0.15) is 13.2 Å². The molecule has 6 heteroatoms. The summed E-state index contributed by atoms with van der Waals surface area (Å²) in [7, 11) is 0. The van der Waals surface area contributed by atoms with Crippen molar-refractivity contribution in [1.29, 1.82) is 0 Å². The average molecular weight is 258 g/mol. The maximum atomic E-state index is 12.8. The third kappa shape index (κ3) is 2.12. The second kappa shape index (κ2) is 4.03. The monoisotopic (exact) mass is 258 g/mol. The molecule has 0 aliphatic heterocycles. The number of hydrogen-bond acceptors (Lipinski definition) is 2. The number of aromatic nitrogens is 1. The minimum absolute atomic E-state index is 0.0675. The van der Waals surface area contributed by atoms with Crippen LogP contribution in [0, 0.1) is 0 Å². The molecule has 0 atom stereocenters. The number of thiol groups is 1. The molecule has 0 radical (unpaired) electrons.